The standard InChI is InChI=1S/C13H26BN3O4/c1-4-8(2)11(16-12(18)9(3)15)13(19)17-7-5-6-10(17)14(20)21/h8-11,20-21H,4-7,15H2,1-3H3,(H,16,18)/t8-,9-,10?,11-/m0/s1. The number of carbonyl (C=O) groups excluding carboxylic acids is 2. The van der Waals surface area contributed by atoms with Gasteiger partial charge in [0.15, 0.2) is 0 Å². The molecule has 120 valence electrons. The van der Waals surface area contributed by atoms with Gasteiger partial charge < -0.3 is 26.0 Å². The van der Waals surface area contributed by atoms with Gasteiger partial charge in [0.05, 0.1) is 12.0 Å². The van der Waals surface area contributed by atoms with Crippen LogP contribution in [0.25, 0.3) is 0 Å². The van der Waals surface area contributed by atoms with Crippen LogP contribution in [0.2, 0.25) is 0 Å². The van der Waals surface area contributed by atoms with Crippen LogP contribution >= 0.6 is 0 Å². The molecule has 0 aromatic rings. The van der Waals surface area contributed by atoms with Crippen molar-refractivity contribution in [2.24, 2.45) is 11.7 Å². The molecule has 0 aliphatic carbocycles. The Balaban J connectivity index is 2.87. The normalized spacial score (nSPS) is 22.6. The molecule has 1 saturated heterocycles. The largest absolute Gasteiger partial charge is 0.475 e. The molecule has 5 N–H and O–H groups in total. The number of amides is 2. The fourth-order valence-corrected chi connectivity index (χ4v) is 2.52. The Hall–Kier alpha value is -1.12. The van der Waals surface area contributed by atoms with Gasteiger partial charge in [-0.1, -0.05) is 20.3 Å². The van der Waals surface area contributed by atoms with Crippen molar-refractivity contribution in [3.05, 3.63) is 0 Å². The van der Waals surface area contributed by atoms with Crippen LogP contribution in [0, 0.1) is 5.92 Å². The fourth-order valence-electron chi connectivity index (χ4n) is 2.52. The first-order valence-electron chi connectivity index (χ1n) is 7.52. The molecule has 4 atom stereocenters. The molecule has 1 aliphatic heterocycles. The van der Waals surface area contributed by atoms with E-state index in [0.717, 1.165) is 12.8 Å². The summed E-state index contributed by atoms with van der Waals surface area (Å²) >= 11 is 0. The highest BCUT2D eigenvalue weighted by atomic mass is 16.4. The van der Waals surface area contributed by atoms with Crippen molar-refractivity contribution < 1.29 is 19.6 Å². The number of likely N-dealkylation sites (tertiary alicyclic amines) is 1. The van der Waals surface area contributed by atoms with Gasteiger partial charge in [0.25, 0.3) is 0 Å². The van der Waals surface area contributed by atoms with E-state index >= 15 is 0 Å². The van der Waals surface area contributed by atoms with Gasteiger partial charge in [-0.2, -0.15) is 0 Å². The summed E-state index contributed by atoms with van der Waals surface area (Å²) in [5, 5.41) is 21.4. The number of hydrogen-bond acceptors (Lipinski definition) is 5. The maximum atomic E-state index is 12.7. The van der Waals surface area contributed by atoms with Gasteiger partial charge in [-0.25, -0.2) is 0 Å². The molecule has 8 heteroatoms. The molecular weight excluding hydrogens is 273 g/mol. The molecule has 0 aromatic heterocycles. The van der Waals surface area contributed by atoms with Gasteiger partial charge in [-0.3, -0.25) is 9.59 Å². The van der Waals surface area contributed by atoms with Gasteiger partial charge in [0.2, 0.25) is 11.8 Å². The average molecular weight is 299 g/mol. The molecule has 21 heavy (non-hydrogen) atoms. The lowest BCUT2D eigenvalue weighted by molar-refractivity contribution is -0.138. The molecule has 1 aliphatic rings. The summed E-state index contributed by atoms with van der Waals surface area (Å²) in [6, 6.07) is -1.38. The Kier molecular flexibility index (Phi) is 6.63. The molecule has 0 spiro atoms. The monoisotopic (exact) mass is 299 g/mol. The van der Waals surface area contributed by atoms with E-state index in [9.17, 15) is 19.6 Å². The second-order valence-corrected chi connectivity index (χ2v) is 5.82. The summed E-state index contributed by atoms with van der Waals surface area (Å²) in [4.78, 5) is 25.9. The third-order valence-electron chi connectivity index (χ3n) is 4.12. The molecule has 0 aromatic carbocycles. The minimum absolute atomic E-state index is 0.0581. The Morgan fingerprint density at radius 1 is 1.43 bits per heavy atom. The van der Waals surface area contributed by atoms with E-state index < -0.39 is 25.1 Å². The van der Waals surface area contributed by atoms with Crippen molar-refractivity contribution in [2.75, 3.05) is 6.54 Å². The zero-order chi connectivity index (χ0) is 16.2. The van der Waals surface area contributed by atoms with E-state index in [1.807, 2.05) is 13.8 Å². The summed E-state index contributed by atoms with van der Waals surface area (Å²) < 4.78 is 0. The lowest BCUT2D eigenvalue weighted by Crippen LogP contribution is -2.57. The summed E-state index contributed by atoms with van der Waals surface area (Å²) in [5.74, 6) is -1.31. The predicted molar refractivity (Wildman–Crippen MR) is 80.0 cm³/mol. The number of nitrogens with zero attached hydrogens (tertiary/aromatic N) is 1. The molecule has 1 rings (SSSR count). The number of carbonyl (C=O) groups is 2. The molecule has 1 fully saturated rings. The second-order valence-electron chi connectivity index (χ2n) is 5.82. The Labute approximate surface area is 126 Å². The lowest BCUT2D eigenvalue weighted by atomic mass is 9.77. The third kappa shape index (κ3) is 4.42. The van der Waals surface area contributed by atoms with E-state index in [0.29, 0.717) is 13.0 Å². The van der Waals surface area contributed by atoms with Crippen molar-refractivity contribution in [3.63, 3.8) is 0 Å². The summed E-state index contributed by atoms with van der Waals surface area (Å²) in [6.07, 6.45) is 2.00. The predicted octanol–water partition coefficient (Wildman–Crippen LogP) is -1.13. The number of rotatable bonds is 6. The topological polar surface area (TPSA) is 116 Å². The molecular formula is C13H26BN3O4. The van der Waals surface area contributed by atoms with Crippen LogP contribution in [0.5, 0.6) is 0 Å². The second kappa shape index (κ2) is 7.77. The first kappa shape index (κ1) is 17.9. The van der Waals surface area contributed by atoms with Crippen LogP contribution in [0.15, 0.2) is 0 Å². The first-order valence-corrected chi connectivity index (χ1v) is 7.52. The van der Waals surface area contributed by atoms with Gasteiger partial charge in [0, 0.05) is 6.54 Å². The van der Waals surface area contributed by atoms with E-state index in [1.54, 1.807) is 6.92 Å². The fraction of sp³-hybridized carbons (Fsp3) is 0.846. The number of hydrogen-bond donors (Lipinski definition) is 4. The third-order valence-corrected chi connectivity index (χ3v) is 4.12. The summed E-state index contributed by atoms with van der Waals surface area (Å²) in [5.41, 5.74) is 5.54. The Morgan fingerprint density at radius 2 is 2.05 bits per heavy atom. The van der Waals surface area contributed by atoms with Crippen LogP contribution < -0.4 is 11.1 Å². The molecule has 7 nitrogen and oxygen atoms in total. The minimum Gasteiger partial charge on any atom is -0.426 e. The molecule has 0 radical (unpaired) electrons. The van der Waals surface area contributed by atoms with E-state index in [-0.39, 0.29) is 17.7 Å². The average Bonchev–Trinajstić information content (AvgIpc) is 2.92. The minimum atomic E-state index is -1.56. The van der Waals surface area contributed by atoms with E-state index in [1.165, 1.54) is 4.90 Å². The van der Waals surface area contributed by atoms with E-state index in [2.05, 4.69) is 5.32 Å². The maximum Gasteiger partial charge on any atom is 0.475 e. The van der Waals surface area contributed by atoms with Gasteiger partial charge in [0.1, 0.15) is 6.04 Å². The van der Waals surface area contributed by atoms with Crippen molar-refractivity contribution in [1.29, 1.82) is 0 Å². The quantitative estimate of drug-likeness (QED) is 0.463. The number of nitrogens with two attached hydrogens (primary N) is 1. The molecule has 1 unspecified atom stereocenters. The smallest absolute Gasteiger partial charge is 0.426 e. The number of nitrogens with one attached hydrogen (secondary N) is 1. The van der Waals surface area contributed by atoms with Crippen molar-refractivity contribution >= 4 is 18.9 Å². The van der Waals surface area contributed by atoms with Crippen molar-refractivity contribution in [3.8, 4) is 0 Å². The van der Waals surface area contributed by atoms with Crippen molar-refractivity contribution in [1.82, 2.24) is 10.2 Å². The molecule has 1 heterocycles. The van der Waals surface area contributed by atoms with Crippen LogP contribution in [0.4, 0.5) is 0 Å². The van der Waals surface area contributed by atoms with E-state index in [4.69, 9.17) is 5.73 Å². The molecule has 0 saturated carbocycles. The van der Waals surface area contributed by atoms with Gasteiger partial charge >= 0.3 is 7.12 Å². The highest BCUT2D eigenvalue weighted by Gasteiger charge is 2.40. The highest BCUT2D eigenvalue weighted by molar-refractivity contribution is 6.43. The molecule has 2 amide bonds. The highest BCUT2D eigenvalue weighted by Crippen LogP contribution is 2.21. The van der Waals surface area contributed by atoms with Gasteiger partial charge in [-0.15, -0.1) is 0 Å². The molecule has 0 bridgehead atoms. The van der Waals surface area contributed by atoms with Crippen LogP contribution in [-0.4, -0.2) is 58.5 Å². The van der Waals surface area contributed by atoms with Crippen LogP contribution in [-0.2, 0) is 9.59 Å². The Bertz CT molecular complexity index is 378. The summed E-state index contributed by atoms with van der Waals surface area (Å²) in [7, 11) is -1.56. The van der Waals surface area contributed by atoms with Crippen LogP contribution in [0.3, 0.4) is 0 Å². The maximum absolute atomic E-state index is 12.7. The lowest BCUT2D eigenvalue weighted by Gasteiger charge is -2.32. The summed E-state index contributed by atoms with van der Waals surface area (Å²) in [6.45, 7) is 5.85. The zero-order valence-electron chi connectivity index (χ0n) is 13.0. The van der Waals surface area contributed by atoms with Crippen molar-refractivity contribution in [2.45, 2.75) is 58.1 Å². The Morgan fingerprint density at radius 3 is 2.52 bits per heavy atom. The van der Waals surface area contributed by atoms with Gasteiger partial charge in [-0.05, 0) is 25.7 Å². The SMILES string of the molecule is CC[C@H](C)[C@H](NC(=O)[C@H](C)N)C(=O)N1CCCC1B(O)O. The van der Waals surface area contributed by atoms with Crippen LogP contribution in [0.1, 0.15) is 40.0 Å². The zero-order valence-corrected chi connectivity index (χ0v) is 13.0. The first-order chi connectivity index (χ1) is 9.79.